The first kappa shape index (κ1) is 25.7. The fraction of sp³-hybridized carbons (Fsp3) is 0.0263. The van der Waals surface area contributed by atoms with Crippen LogP contribution < -0.4 is 9.80 Å². The van der Waals surface area contributed by atoms with Crippen LogP contribution in [0.25, 0.3) is 22.3 Å². The maximum absolute atomic E-state index is 9.34. The van der Waals surface area contributed by atoms with Gasteiger partial charge in [0.1, 0.15) is 0 Å². The highest BCUT2D eigenvalue weighted by atomic mass is 15.1. The summed E-state index contributed by atoms with van der Waals surface area (Å²) in [5, 5.41) is 9.34. The molecule has 196 valence electrons. The van der Waals surface area contributed by atoms with Crippen LogP contribution in [-0.4, -0.2) is 7.05 Å². The van der Waals surface area contributed by atoms with Gasteiger partial charge in [0.2, 0.25) is 0 Å². The maximum atomic E-state index is 9.34. The van der Waals surface area contributed by atoms with E-state index in [1.165, 1.54) is 22.3 Å². The Balaban J connectivity index is 1.42. The van der Waals surface area contributed by atoms with Crippen molar-refractivity contribution < 1.29 is 0 Å². The molecule has 0 heterocycles. The lowest BCUT2D eigenvalue weighted by molar-refractivity contribution is 1.20. The summed E-state index contributed by atoms with van der Waals surface area (Å²) < 4.78 is 0. The predicted octanol–water partition coefficient (Wildman–Crippen LogP) is 10.1. The van der Waals surface area contributed by atoms with Crippen molar-refractivity contribution in [2.45, 2.75) is 0 Å². The number of hydrogen-bond donors (Lipinski definition) is 0. The monoisotopic (exact) mass is 527 g/mol. The zero-order chi connectivity index (χ0) is 28.0. The zero-order valence-electron chi connectivity index (χ0n) is 22.9. The van der Waals surface area contributed by atoms with Gasteiger partial charge in [0.15, 0.2) is 0 Å². The lowest BCUT2D eigenvalue weighted by Gasteiger charge is -2.27. The standard InChI is InChI=1S/C38H29N3/c1-40(36-18-8-11-29(25-36)28-39)34-21-23-35(24-22-34)41(37-19-9-16-32(26-37)30-12-4-2-5-13-30)38-20-10-17-33(27-38)31-14-6-3-7-15-31/h2-27H,1H3. The summed E-state index contributed by atoms with van der Waals surface area (Å²) in [6.45, 7) is 0. The molecule has 3 nitrogen and oxygen atoms in total. The minimum absolute atomic E-state index is 0.647. The third-order valence-electron chi connectivity index (χ3n) is 7.28. The summed E-state index contributed by atoms with van der Waals surface area (Å²) in [5.74, 6) is 0. The van der Waals surface area contributed by atoms with E-state index in [0.717, 1.165) is 28.4 Å². The molecule has 0 spiro atoms. The molecule has 41 heavy (non-hydrogen) atoms. The van der Waals surface area contributed by atoms with Gasteiger partial charge in [0.05, 0.1) is 11.6 Å². The average Bonchev–Trinajstić information content (AvgIpc) is 3.06. The Morgan fingerprint density at radius 3 is 1.41 bits per heavy atom. The molecule has 0 radical (unpaired) electrons. The van der Waals surface area contributed by atoms with E-state index in [9.17, 15) is 5.26 Å². The summed E-state index contributed by atoms with van der Waals surface area (Å²) >= 11 is 0. The van der Waals surface area contributed by atoms with Crippen molar-refractivity contribution in [2.75, 3.05) is 16.8 Å². The normalized spacial score (nSPS) is 10.5. The molecule has 0 atom stereocenters. The molecule has 0 bridgehead atoms. The summed E-state index contributed by atoms with van der Waals surface area (Å²) in [5.41, 5.74) is 10.6. The van der Waals surface area contributed by atoms with Gasteiger partial charge in [-0.3, -0.25) is 0 Å². The van der Waals surface area contributed by atoms with Gasteiger partial charge in [0.25, 0.3) is 0 Å². The second-order valence-electron chi connectivity index (χ2n) is 9.91. The van der Waals surface area contributed by atoms with Crippen molar-refractivity contribution in [3.05, 3.63) is 163 Å². The fourth-order valence-electron chi connectivity index (χ4n) is 5.12. The molecule has 3 heteroatoms. The van der Waals surface area contributed by atoms with Crippen LogP contribution in [0.1, 0.15) is 5.56 Å². The van der Waals surface area contributed by atoms with Crippen LogP contribution in [0.15, 0.2) is 158 Å². The number of nitrogens with zero attached hydrogens (tertiary/aromatic N) is 3. The average molecular weight is 528 g/mol. The van der Waals surface area contributed by atoms with E-state index < -0.39 is 0 Å². The molecule has 0 amide bonds. The molecule has 0 aliphatic carbocycles. The molecule has 0 N–H and O–H groups in total. The molecule has 0 aromatic heterocycles. The summed E-state index contributed by atoms with van der Waals surface area (Å²) in [4.78, 5) is 4.40. The van der Waals surface area contributed by atoms with E-state index in [1.54, 1.807) is 0 Å². The lowest BCUT2D eigenvalue weighted by atomic mass is 10.0. The Kier molecular flexibility index (Phi) is 7.30. The molecule has 0 unspecified atom stereocenters. The highest BCUT2D eigenvalue weighted by molar-refractivity contribution is 5.83. The lowest BCUT2D eigenvalue weighted by Crippen LogP contribution is -2.12. The first-order valence-corrected chi connectivity index (χ1v) is 13.6. The molecule has 0 saturated carbocycles. The molecular formula is C38H29N3. The highest BCUT2D eigenvalue weighted by Gasteiger charge is 2.15. The van der Waals surface area contributed by atoms with E-state index in [1.807, 2.05) is 43.4 Å². The topological polar surface area (TPSA) is 30.3 Å². The predicted molar refractivity (Wildman–Crippen MR) is 171 cm³/mol. The smallest absolute Gasteiger partial charge is 0.0992 e. The molecular weight excluding hydrogens is 498 g/mol. The van der Waals surface area contributed by atoms with E-state index >= 15 is 0 Å². The van der Waals surface area contributed by atoms with E-state index in [-0.39, 0.29) is 0 Å². The van der Waals surface area contributed by atoms with Gasteiger partial charge < -0.3 is 9.80 Å². The van der Waals surface area contributed by atoms with Gasteiger partial charge in [-0.25, -0.2) is 0 Å². The first-order chi connectivity index (χ1) is 20.2. The van der Waals surface area contributed by atoms with Crippen LogP contribution in [0.2, 0.25) is 0 Å². The van der Waals surface area contributed by atoms with Crippen molar-refractivity contribution in [3.63, 3.8) is 0 Å². The van der Waals surface area contributed by atoms with Gasteiger partial charge in [-0.05, 0) is 89.0 Å². The molecule has 0 aliphatic heterocycles. The molecule has 0 saturated heterocycles. The van der Waals surface area contributed by atoms with Crippen LogP contribution in [0, 0.1) is 11.3 Å². The molecule has 6 aromatic carbocycles. The van der Waals surface area contributed by atoms with Gasteiger partial charge in [-0.2, -0.15) is 5.26 Å². The Labute approximate surface area is 241 Å². The van der Waals surface area contributed by atoms with Gasteiger partial charge in [-0.1, -0.05) is 91.0 Å². The van der Waals surface area contributed by atoms with Gasteiger partial charge in [0, 0.05) is 35.5 Å². The van der Waals surface area contributed by atoms with Crippen LogP contribution in [0.4, 0.5) is 28.4 Å². The van der Waals surface area contributed by atoms with Crippen molar-refractivity contribution >= 4 is 28.4 Å². The van der Waals surface area contributed by atoms with Gasteiger partial charge in [-0.15, -0.1) is 0 Å². The molecule has 0 fully saturated rings. The van der Waals surface area contributed by atoms with Crippen molar-refractivity contribution in [1.29, 1.82) is 5.26 Å². The second kappa shape index (κ2) is 11.7. The number of benzene rings is 6. The van der Waals surface area contributed by atoms with Crippen LogP contribution in [0.5, 0.6) is 0 Å². The first-order valence-electron chi connectivity index (χ1n) is 13.6. The van der Waals surface area contributed by atoms with Gasteiger partial charge >= 0.3 is 0 Å². The molecule has 6 rings (SSSR count). The number of rotatable bonds is 7. The molecule has 6 aromatic rings. The van der Waals surface area contributed by atoms with Crippen LogP contribution in [0.3, 0.4) is 0 Å². The quantitative estimate of drug-likeness (QED) is 0.207. The van der Waals surface area contributed by atoms with E-state index in [2.05, 4.69) is 137 Å². The van der Waals surface area contributed by atoms with Crippen LogP contribution >= 0.6 is 0 Å². The number of hydrogen-bond acceptors (Lipinski definition) is 3. The van der Waals surface area contributed by atoms with Crippen molar-refractivity contribution in [1.82, 2.24) is 0 Å². The Bertz CT molecular complexity index is 1720. The number of anilines is 5. The van der Waals surface area contributed by atoms with Crippen molar-refractivity contribution in [3.8, 4) is 28.3 Å². The fourth-order valence-corrected chi connectivity index (χ4v) is 5.12. The van der Waals surface area contributed by atoms with Crippen molar-refractivity contribution in [2.24, 2.45) is 0 Å². The maximum Gasteiger partial charge on any atom is 0.0992 e. The molecule has 0 aliphatic rings. The Hall–Kier alpha value is -5.59. The SMILES string of the molecule is CN(c1ccc(N(c2cccc(-c3ccccc3)c2)c2cccc(-c3ccccc3)c2)cc1)c1cccc(C#N)c1. The summed E-state index contributed by atoms with van der Waals surface area (Å²) in [6.07, 6.45) is 0. The Morgan fingerprint density at radius 1 is 0.415 bits per heavy atom. The highest BCUT2D eigenvalue weighted by Crippen LogP contribution is 2.39. The third kappa shape index (κ3) is 5.59. The largest absolute Gasteiger partial charge is 0.345 e. The third-order valence-corrected chi connectivity index (χ3v) is 7.28. The minimum atomic E-state index is 0.647. The Morgan fingerprint density at radius 2 is 0.878 bits per heavy atom. The summed E-state index contributed by atoms with van der Waals surface area (Å²) in [7, 11) is 2.02. The van der Waals surface area contributed by atoms with Crippen LogP contribution in [-0.2, 0) is 0 Å². The minimum Gasteiger partial charge on any atom is -0.345 e. The van der Waals surface area contributed by atoms with E-state index in [0.29, 0.717) is 5.56 Å². The van der Waals surface area contributed by atoms with E-state index in [4.69, 9.17) is 0 Å². The second-order valence-corrected chi connectivity index (χ2v) is 9.91. The zero-order valence-corrected chi connectivity index (χ0v) is 22.9. The number of nitriles is 1. The summed E-state index contributed by atoms with van der Waals surface area (Å²) in [6, 6.07) is 56.8.